The fraction of sp³-hybridized carbons (Fsp3) is 0.167. The molecule has 0 aliphatic carbocycles. The minimum Gasteiger partial charge on any atom is -0.508 e. The van der Waals surface area contributed by atoms with Crippen LogP contribution >= 0.6 is 23.7 Å². The number of hydrogen-bond donors (Lipinski definition) is 2. The maximum Gasteiger partial charge on any atom is 0.118 e. The van der Waals surface area contributed by atoms with Crippen molar-refractivity contribution in [2.75, 3.05) is 0 Å². The van der Waals surface area contributed by atoms with Crippen LogP contribution in [0.5, 0.6) is 5.75 Å². The van der Waals surface area contributed by atoms with Gasteiger partial charge in [-0.2, -0.15) is 11.3 Å². The topological polar surface area (TPSA) is 46.2 Å². The van der Waals surface area contributed by atoms with Crippen LogP contribution in [-0.4, -0.2) is 5.11 Å². The Labute approximate surface area is 105 Å². The van der Waals surface area contributed by atoms with Gasteiger partial charge in [-0.3, -0.25) is 0 Å². The molecule has 0 amide bonds. The average Bonchev–Trinajstić information content (AvgIpc) is 2.74. The highest BCUT2D eigenvalue weighted by molar-refractivity contribution is 7.08. The molecule has 2 nitrogen and oxygen atoms in total. The van der Waals surface area contributed by atoms with Crippen molar-refractivity contribution in [3.8, 4) is 5.75 Å². The Bertz CT molecular complexity index is 456. The summed E-state index contributed by atoms with van der Waals surface area (Å²) in [5, 5.41) is 13.5. The lowest BCUT2D eigenvalue weighted by atomic mass is 10.0. The number of rotatable bonds is 2. The van der Waals surface area contributed by atoms with Gasteiger partial charge in [0.1, 0.15) is 5.75 Å². The van der Waals surface area contributed by atoms with Gasteiger partial charge >= 0.3 is 0 Å². The lowest BCUT2D eigenvalue weighted by Crippen LogP contribution is -2.10. The van der Waals surface area contributed by atoms with E-state index in [9.17, 15) is 5.11 Å². The molecule has 0 aliphatic heterocycles. The summed E-state index contributed by atoms with van der Waals surface area (Å²) < 4.78 is 0. The predicted molar refractivity (Wildman–Crippen MR) is 70.4 cm³/mol. The zero-order valence-electron chi connectivity index (χ0n) is 8.88. The number of benzene rings is 1. The summed E-state index contributed by atoms with van der Waals surface area (Å²) in [5.41, 5.74) is 9.11. The van der Waals surface area contributed by atoms with Gasteiger partial charge < -0.3 is 10.8 Å². The number of nitrogens with two attached hydrogens (primary N) is 1. The maximum absolute atomic E-state index is 9.42. The Hall–Kier alpha value is -1.03. The summed E-state index contributed by atoms with van der Waals surface area (Å²) in [5.74, 6) is 0.316. The first kappa shape index (κ1) is 13.0. The van der Waals surface area contributed by atoms with E-state index in [1.807, 2.05) is 35.9 Å². The molecule has 1 heterocycles. The first-order valence-corrected chi connectivity index (χ1v) is 5.70. The van der Waals surface area contributed by atoms with Crippen molar-refractivity contribution in [3.05, 3.63) is 51.7 Å². The molecule has 0 radical (unpaired) electrons. The molecule has 0 unspecified atom stereocenters. The molecule has 2 aromatic rings. The summed E-state index contributed by atoms with van der Waals surface area (Å²) in [6, 6.07) is 7.41. The number of hydrogen-bond acceptors (Lipinski definition) is 3. The van der Waals surface area contributed by atoms with E-state index in [1.54, 1.807) is 17.4 Å². The van der Waals surface area contributed by atoms with Gasteiger partial charge in [-0.15, -0.1) is 12.4 Å². The fourth-order valence-electron chi connectivity index (χ4n) is 1.52. The van der Waals surface area contributed by atoms with Gasteiger partial charge in [-0.25, -0.2) is 0 Å². The molecule has 16 heavy (non-hydrogen) atoms. The molecule has 4 heteroatoms. The van der Waals surface area contributed by atoms with Crippen molar-refractivity contribution in [3.63, 3.8) is 0 Å². The molecule has 0 saturated heterocycles. The van der Waals surface area contributed by atoms with Crippen LogP contribution in [0.3, 0.4) is 0 Å². The summed E-state index contributed by atoms with van der Waals surface area (Å²) >= 11 is 1.64. The lowest BCUT2D eigenvalue weighted by molar-refractivity contribution is 0.470. The minimum atomic E-state index is -0.101. The van der Waals surface area contributed by atoms with Crippen molar-refractivity contribution >= 4 is 23.7 Å². The minimum absolute atomic E-state index is 0. The predicted octanol–water partition coefficient (Wildman–Crippen LogP) is 3.23. The third kappa shape index (κ3) is 2.55. The monoisotopic (exact) mass is 255 g/mol. The van der Waals surface area contributed by atoms with Crippen LogP contribution < -0.4 is 5.73 Å². The van der Waals surface area contributed by atoms with E-state index >= 15 is 0 Å². The van der Waals surface area contributed by atoms with Crippen molar-refractivity contribution in [1.29, 1.82) is 0 Å². The highest BCUT2D eigenvalue weighted by atomic mass is 35.5. The summed E-state index contributed by atoms with van der Waals surface area (Å²) in [6.07, 6.45) is 0. The molecule has 1 atom stereocenters. The largest absolute Gasteiger partial charge is 0.508 e. The molecule has 0 fully saturated rings. The molecular formula is C12H14ClNOS. The van der Waals surface area contributed by atoms with Crippen LogP contribution in [0, 0.1) is 6.92 Å². The Morgan fingerprint density at radius 3 is 2.56 bits per heavy atom. The second-order valence-electron chi connectivity index (χ2n) is 3.58. The Balaban J connectivity index is 0.00000128. The van der Waals surface area contributed by atoms with Gasteiger partial charge in [0.2, 0.25) is 0 Å². The second-order valence-corrected chi connectivity index (χ2v) is 4.36. The lowest BCUT2D eigenvalue weighted by Gasteiger charge is -2.11. The van der Waals surface area contributed by atoms with Gasteiger partial charge in [0.15, 0.2) is 0 Å². The number of phenols is 1. The molecular weight excluding hydrogens is 242 g/mol. The van der Waals surface area contributed by atoms with Crippen molar-refractivity contribution in [1.82, 2.24) is 0 Å². The summed E-state index contributed by atoms with van der Waals surface area (Å²) in [4.78, 5) is 0. The van der Waals surface area contributed by atoms with Gasteiger partial charge in [-0.05, 0) is 46.5 Å². The van der Waals surface area contributed by atoms with E-state index in [0.717, 1.165) is 16.7 Å². The number of phenolic OH excluding ortho intramolecular Hbond substituents is 1. The summed E-state index contributed by atoms with van der Waals surface area (Å²) in [6.45, 7) is 1.87. The molecule has 1 aromatic carbocycles. The van der Waals surface area contributed by atoms with Crippen LogP contribution in [-0.2, 0) is 0 Å². The van der Waals surface area contributed by atoms with Crippen LogP contribution in [0.2, 0.25) is 0 Å². The van der Waals surface area contributed by atoms with Crippen LogP contribution in [0.4, 0.5) is 0 Å². The average molecular weight is 256 g/mol. The molecule has 0 spiro atoms. The van der Waals surface area contributed by atoms with Crippen LogP contribution in [0.15, 0.2) is 35.0 Å². The normalized spacial score (nSPS) is 11.9. The maximum atomic E-state index is 9.42. The van der Waals surface area contributed by atoms with Crippen LogP contribution in [0.25, 0.3) is 0 Å². The molecule has 0 saturated carbocycles. The summed E-state index contributed by atoms with van der Waals surface area (Å²) in [7, 11) is 0. The van der Waals surface area contributed by atoms with Gasteiger partial charge in [0.05, 0.1) is 6.04 Å². The number of aromatic hydroxyl groups is 1. The highest BCUT2D eigenvalue weighted by Crippen LogP contribution is 2.25. The van der Waals surface area contributed by atoms with E-state index in [4.69, 9.17) is 5.73 Å². The Morgan fingerprint density at radius 1 is 1.25 bits per heavy atom. The fourth-order valence-corrected chi connectivity index (χ4v) is 2.21. The van der Waals surface area contributed by atoms with Gasteiger partial charge in [0, 0.05) is 0 Å². The third-order valence-corrected chi connectivity index (χ3v) is 3.18. The van der Waals surface area contributed by atoms with E-state index in [2.05, 4.69) is 0 Å². The molecule has 1 aromatic heterocycles. The van der Waals surface area contributed by atoms with Gasteiger partial charge in [0.25, 0.3) is 0 Å². The molecule has 2 rings (SSSR count). The SMILES string of the molecule is Cc1cc([C@H](N)c2ccsc2)ccc1O.Cl. The van der Waals surface area contributed by atoms with E-state index in [-0.39, 0.29) is 18.4 Å². The second kappa shape index (κ2) is 5.34. The standard InChI is InChI=1S/C12H13NOS.ClH/c1-8-6-9(2-3-11(8)14)12(13)10-4-5-15-7-10;/h2-7,12,14H,13H2,1H3;1H/t12-;/m0./s1. The molecule has 3 N–H and O–H groups in total. The Kier molecular flexibility index (Phi) is 4.35. The third-order valence-electron chi connectivity index (χ3n) is 2.48. The van der Waals surface area contributed by atoms with Gasteiger partial charge in [-0.1, -0.05) is 12.1 Å². The molecule has 0 bridgehead atoms. The number of aryl methyl sites for hydroxylation is 1. The van der Waals surface area contributed by atoms with Crippen molar-refractivity contribution in [2.45, 2.75) is 13.0 Å². The zero-order chi connectivity index (χ0) is 10.8. The molecule has 86 valence electrons. The van der Waals surface area contributed by atoms with Crippen molar-refractivity contribution in [2.24, 2.45) is 5.73 Å². The van der Waals surface area contributed by atoms with E-state index in [0.29, 0.717) is 5.75 Å². The Morgan fingerprint density at radius 2 is 2.00 bits per heavy atom. The highest BCUT2D eigenvalue weighted by Gasteiger charge is 2.10. The first-order valence-electron chi connectivity index (χ1n) is 4.75. The van der Waals surface area contributed by atoms with Crippen molar-refractivity contribution < 1.29 is 5.11 Å². The quantitative estimate of drug-likeness (QED) is 0.866. The smallest absolute Gasteiger partial charge is 0.118 e. The zero-order valence-corrected chi connectivity index (χ0v) is 10.5. The molecule has 0 aliphatic rings. The number of halogens is 1. The van der Waals surface area contributed by atoms with E-state index in [1.165, 1.54) is 0 Å². The number of thiophene rings is 1. The first-order chi connectivity index (χ1) is 7.18. The van der Waals surface area contributed by atoms with E-state index < -0.39 is 0 Å². The van der Waals surface area contributed by atoms with Crippen LogP contribution in [0.1, 0.15) is 22.7 Å².